The molecule has 0 heteroatoms. The predicted octanol–water partition coefficient (Wildman–Crippen LogP) is 3.88. The zero-order valence-corrected chi connectivity index (χ0v) is 7.60. The lowest BCUT2D eigenvalue weighted by molar-refractivity contribution is 0.680. The molecule has 1 aliphatic carbocycles. The Morgan fingerprint density at radius 2 is 2.27 bits per heavy atom. The minimum Gasteiger partial charge on any atom is -0.0850 e. The van der Waals surface area contributed by atoms with E-state index in [1.54, 1.807) is 5.57 Å². The second-order valence-electron chi connectivity index (χ2n) is 3.38. The predicted molar refractivity (Wildman–Crippen MR) is 50.4 cm³/mol. The van der Waals surface area contributed by atoms with Crippen LogP contribution in [0.4, 0.5) is 0 Å². The molecular weight excluding hydrogens is 132 g/mol. The van der Waals surface area contributed by atoms with Gasteiger partial charge in [0.1, 0.15) is 0 Å². The van der Waals surface area contributed by atoms with E-state index in [0.29, 0.717) is 0 Å². The molecular formula is C11H19. The van der Waals surface area contributed by atoms with E-state index in [2.05, 4.69) is 19.4 Å². The number of rotatable bonds is 4. The normalized spacial score (nSPS) is 18.1. The first-order valence-electron chi connectivity index (χ1n) is 4.93. The van der Waals surface area contributed by atoms with E-state index in [1.165, 1.54) is 44.9 Å². The summed E-state index contributed by atoms with van der Waals surface area (Å²) in [7, 11) is 0. The van der Waals surface area contributed by atoms with Crippen molar-refractivity contribution in [2.75, 3.05) is 0 Å². The van der Waals surface area contributed by atoms with Crippen molar-refractivity contribution in [2.45, 2.75) is 51.9 Å². The minimum absolute atomic E-state index is 1.22. The third kappa shape index (κ3) is 3.60. The molecule has 0 N–H and O–H groups in total. The summed E-state index contributed by atoms with van der Waals surface area (Å²) >= 11 is 0. The van der Waals surface area contributed by atoms with Gasteiger partial charge in [0, 0.05) is 0 Å². The van der Waals surface area contributed by atoms with Gasteiger partial charge in [-0.05, 0) is 38.5 Å². The molecule has 0 aliphatic heterocycles. The first kappa shape index (κ1) is 8.83. The van der Waals surface area contributed by atoms with Gasteiger partial charge < -0.3 is 0 Å². The molecule has 0 unspecified atom stereocenters. The van der Waals surface area contributed by atoms with Gasteiger partial charge >= 0.3 is 0 Å². The Labute approximate surface area is 70.7 Å². The van der Waals surface area contributed by atoms with Gasteiger partial charge in [0.2, 0.25) is 0 Å². The van der Waals surface area contributed by atoms with E-state index in [0.717, 1.165) is 0 Å². The van der Waals surface area contributed by atoms with Crippen LogP contribution in [-0.2, 0) is 0 Å². The fourth-order valence-corrected chi connectivity index (χ4v) is 1.59. The Balaban J connectivity index is 2.09. The summed E-state index contributed by atoms with van der Waals surface area (Å²) in [4.78, 5) is 0. The molecule has 0 fully saturated rings. The molecule has 0 nitrogen and oxygen atoms in total. The summed E-state index contributed by atoms with van der Waals surface area (Å²) in [6.07, 6.45) is 14.2. The van der Waals surface area contributed by atoms with Crippen LogP contribution < -0.4 is 0 Å². The highest BCUT2D eigenvalue weighted by Gasteiger charge is 2.02. The monoisotopic (exact) mass is 151 g/mol. The molecule has 63 valence electrons. The maximum absolute atomic E-state index is 2.42. The molecule has 1 rings (SSSR count). The third-order valence-corrected chi connectivity index (χ3v) is 2.34. The topological polar surface area (TPSA) is 0 Å². The van der Waals surface area contributed by atoms with Crippen molar-refractivity contribution < 1.29 is 0 Å². The number of allylic oxidation sites excluding steroid dienone is 2. The molecule has 0 saturated heterocycles. The molecule has 0 spiro atoms. The van der Waals surface area contributed by atoms with Crippen molar-refractivity contribution in [3.05, 3.63) is 18.1 Å². The zero-order valence-electron chi connectivity index (χ0n) is 7.60. The summed E-state index contributed by atoms with van der Waals surface area (Å²) in [5.41, 5.74) is 1.71. The Bertz CT molecular complexity index is 122. The van der Waals surface area contributed by atoms with Gasteiger partial charge in [-0.25, -0.2) is 0 Å². The molecule has 0 bridgehead atoms. The highest BCUT2D eigenvalue weighted by Crippen LogP contribution is 2.21. The van der Waals surface area contributed by atoms with E-state index < -0.39 is 0 Å². The van der Waals surface area contributed by atoms with Crippen LogP contribution in [0.1, 0.15) is 51.9 Å². The van der Waals surface area contributed by atoms with Crippen LogP contribution in [0.3, 0.4) is 0 Å². The lowest BCUT2D eigenvalue weighted by Gasteiger charge is -2.11. The molecule has 0 aromatic rings. The summed E-state index contributed by atoms with van der Waals surface area (Å²) in [6, 6.07) is 0. The van der Waals surface area contributed by atoms with E-state index in [-0.39, 0.29) is 0 Å². The van der Waals surface area contributed by atoms with Crippen molar-refractivity contribution in [1.29, 1.82) is 0 Å². The molecule has 11 heavy (non-hydrogen) atoms. The van der Waals surface area contributed by atoms with Gasteiger partial charge in [0.15, 0.2) is 0 Å². The largest absolute Gasteiger partial charge is 0.0850 e. The van der Waals surface area contributed by atoms with Crippen molar-refractivity contribution in [2.24, 2.45) is 0 Å². The molecule has 1 radical (unpaired) electrons. The van der Waals surface area contributed by atoms with Crippen LogP contribution in [0, 0.1) is 6.42 Å². The smallest absolute Gasteiger partial charge is 0.0317 e. The van der Waals surface area contributed by atoms with Gasteiger partial charge in [0.05, 0.1) is 0 Å². The fourth-order valence-electron chi connectivity index (χ4n) is 1.59. The third-order valence-electron chi connectivity index (χ3n) is 2.34. The quantitative estimate of drug-likeness (QED) is 0.422. The molecule has 0 atom stereocenters. The van der Waals surface area contributed by atoms with Gasteiger partial charge in [-0.3, -0.25) is 0 Å². The van der Waals surface area contributed by atoms with E-state index in [1.807, 2.05) is 0 Å². The Hall–Kier alpha value is -0.260. The van der Waals surface area contributed by atoms with E-state index in [9.17, 15) is 0 Å². The lowest BCUT2D eigenvalue weighted by Crippen LogP contribution is -1.92. The average Bonchev–Trinajstić information content (AvgIpc) is 2.07. The van der Waals surface area contributed by atoms with Crippen LogP contribution in [0.25, 0.3) is 0 Å². The molecule has 0 saturated carbocycles. The first-order chi connectivity index (χ1) is 5.43. The van der Waals surface area contributed by atoms with E-state index in [4.69, 9.17) is 0 Å². The summed E-state index contributed by atoms with van der Waals surface area (Å²) in [6.45, 7) is 2.27. The average molecular weight is 151 g/mol. The van der Waals surface area contributed by atoms with Crippen molar-refractivity contribution >= 4 is 0 Å². The number of hydrogen-bond donors (Lipinski definition) is 0. The maximum atomic E-state index is 2.42. The zero-order chi connectivity index (χ0) is 7.94. The van der Waals surface area contributed by atoms with Crippen LogP contribution in [0.15, 0.2) is 11.6 Å². The summed E-state index contributed by atoms with van der Waals surface area (Å²) < 4.78 is 0. The second-order valence-corrected chi connectivity index (χ2v) is 3.38. The first-order valence-corrected chi connectivity index (χ1v) is 4.93. The standard InChI is InChI=1S/C11H19/c1-2-3-5-8-11-9-6-4-7-10-11/h4,9H,2-3,5-8,10H2,1H3. The SMILES string of the molecule is CCCCCC1=CC[CH]CC1. The van der Waals surface area contributed by atoms with E-state index >= 15 is 0 Å². The molecule has 0 heterocycles. The van der Waals surface area contributed by atoms with Crippen LogP contribution in [0.2, 0.25) is 0 Å². The van der Waals surface area contributed by atoms with Crippen LogP contribution in [-0.4, -0.2) is 0 Å². The highest BCUT2D eigenvalue weighted by molar-refractivity contribution is 5.08. The Kier molecular flexibility index (Phi) is 4.33. The molecule has 0 amide bonds. The number of hydrogen-bond acceptors (Lipinski definition) is 0. The second kappa shape index (κ2) is 5.40. The summed E-state index contributed by atoms with van der Waals surface area (Å²) in [5.74, 6) is 0. The van der Waals surface area contributed by atoms with Crippen LogP contribution in [0.5, 0.6) is 0 Å². The minimum atomic E-state index is 1.22. The molecule has 1 aliphatic rings. The Morgan fingerprint density at radius 1 is 1.36 bits per heavy atom. The Morgan fingerprint density at radius 3 is 2.91 bits per heavy atom. The van der Waals surface area contributed by atoms with Gasteiger partial charge in [-0.1, -0.05) is 31.4 Å². The maximum Gasteiger partial charge on any atom is -0.0317 e. The molecule has 0 aromatic heterocycles. The van der Waals surface area contributed by atoms with Crippen molar-refractivity contribution in [3.63, 3.8) is 0 Å². The van der Waals surface area contributed by atoms with Crippen LogP contribution >= 0.6 is 0 Å². The highest BCUT2D eigenvalue weighted by atomic mass is 14.1. The van der Waals surface area contributed by atoms with Crippen molar-refractivity contribution in [1.82, 2.24) is 0 Å². The number of unbranched alkanes of at least 4 members (excludes halogenated alkanes) is 2. The molecule has 0 aromatic carbocycles. The summed E-state index contributed by atoms with van der Waals surface area (Å²) in [5, 5.41) is 0. The van der Waals surface area contributed by atoms with Gasteiger partial charge in [-0.15, -0.1) is 0 Å². The fraction of sp³-hybridized carbons (Fsp3) is 0.727. The van der Waals surface area contributed by atoms with Gasteiger partial charge in [0.25, 0.3) is 0 Å². The lowest BCUT2D eigenvalue weighted by atomic mass is 9.95. The van der Waals surface area contributed by atoms with Crippen molar-refractivity contribution in [3.8, 4) is 0 Å². The van der Waals surface area contributed by atoms with Gasteiger partial charge in [-0.2, -0.15) is 0 Å².